The summed E-state index contributed by atoms with van der Waals surface area (Å²) in [5.74, 6) is 0. The zero-order valence-corrected chi connectivity index (χ0v) is 26.0. The van der Waals surface area contributed by atoms with Gasteiger partial charge in [0.15, 0.2) is 8.32 Å². The van der Waals surface area contributed by atoms with Crippen molar-refractivity contribution in [2.75, 3.05) is 19.0 Å². The van der Waals surface area contributed by atoms with Gasteiger partial charge in [0.1, 0.15) is 0 Å². The Labute approximate surface area is 250 Å². The monoisotopic (exact) mass is 658 g/mol. The van der Waals surface area contributed by atoms with Gasteiger partial charge in [-0.3, -0.25) is 4.90 Å². The molecule has 1 amide bonds. The Kier molecular flexibility index (Phi) is 10.1. The van der Waals surface area contributed by atoms with Crippen LogP contribution >= 0.6 is 0 Å². The number of alkyl halides is 9. The normalized spacial score (nSPS) is 18.0. The van der Waals surface area contributed by atoms with E-state index >= 15 is 0 Å². The molecule has 0 aromatic heterocycles. The molecule has 0 saturated heterocycles. The Morgan fingerprint density at radius 3 is 1.91 bits per heavy atom. The summed E-state index contributed by atoms with van der Waals surface area (Å²) < 4.78 is 133. The second kappa shape index (κ2) is 12.5. The molecule has 0 fully saturated rings. The third kappa shape index (κ3) is 8.40. The van der Waals surface area contributed by atoms with Crippen molar-refractivity contribution in [1.29, 1.82) is 0 Å². The molecule has 1 heterocycles. The minimum Gasteiger partial charge on any atom is -0.453 e. The van der Waals surface area contributed by atoms with Gasteiger partial charge in [0.05, 0.1) is 29.8 Å². The summed E-state index contributed by atoms with van der Waals surface area (Å²) in [5.41, 5.74) is -4.50. The first-order valence-corrected chi connectivity index (χ1v) is 16.6. The lowest BCUT2D eigenvalue weighted by Gasteiger charge is -2.40. The molecule has 0 aliphatic carbocycles. The first kappa shape index (κ1) is 35.5. The third-order valence-electron chi connectivity index (χ3n) is 8.13. The van der Waals surface area contributed by atoms with Crippen LogP contribution < -0.4 is 5.32 Å². The predicted molar refractivity (Wildman–Crippen MR) is 148 cm³/mol. The quantitative estimate of drug-likeness (QED) is 0.238. The van der Waals surface area contributed by atoms with E-state index in [-0.39, 0.29) is 35.4 Å². The van der Waals surface area contributed by atoms with E-state index < -0.39 is 73.8 Å². The van der Waals surface area contributed by atoms with Gasteiger partial charge in [-0.15, -0.1) is 0 Å². The van der Waals surface area contributed by atoms with E-state index in [4.69, 9.17) is 9.16 Å². The van der Waals surface area contributed by atoms with Crippen molar-refractivity contribution in [3.8, 4) is 0 Å². The van der Waals surface area contributed by atoms with Crippen LogP contribution in [-0.2, 0) is 34.2 Å². The molecule has 2 atom stereocenters. The standard InChI is InChI=1S/C29H35F9N2O3Si/c1-26(2,3)44(5,6)43-10-9-21-15-24(22-14-18(27(30,31)32)7-8-23(22)39-21)40(25(41)42-4)16-17-11-19(28(33,34)35)13-20(12-17)29(36,37)38/h7-8,11-14,21,24,39H,9-10,15-16H2,1-6H3. The van der Waals surface area contributed by atoms with E-state index in [1.54, 1.807) is 0 Å². The van der Waals surface area contributed by atoms with Crippen LogP contribution in [0.15, 0.2) is 36.4 Å². The van der Waals surface area contributed by atoms with Gasteiger partial charge < -0.3 is 14.5 Å². The number of anilines is 1. The van der Waals surface area contributed by atoms with E-state index in [2.05, 4.69) is 26.1 Å². The number of methoxy groups -OCH3 is 1. The molecule has 3 rings (SSSR count). The summed E-state index contributed by atoms with van der Waals surface area (Å²) >= 11 is 0. The molecule has 2 unspecified atom stereocenters. The molecule has 0 bridgehead atoms. The van der Waals surface area contributed by atoms with Crippen molar-refractivity contribution in [3.05, 3.63) is 64.2 Å². The highest BCUT2D eigenvalue weighted by Crippen LogP contribution is 2.43. The van der Waals surface area contributed by atoms with E-state index in [1.807, 2.05) is 13.1 Å². The van der Waals surface area contributed by atoms with Gasteiger partial charge >= 0.3 is 24.6 Å². The van der Waals surface area contributed by atoms with E-state index in [0.717, 1.165) is 24.1 Å². The van der Waals surface area contributed by atoms with Crippen molar-refractivity contribution in [3.63, 3.8) is 0 Å². The SMILES string of the molecule is COC(=O)N(Cc1cc(C(F)(F)F)cc(C(F)(F)F)c1)C1CC(CCO[Si](C)(C)C(C)(C)C)Nc2ccc(C(F)(F)F)cc21. The molecule has 2 aromatic rings. The maximum atomic E-state index is 13.7. The topological polar surface area (TPSA) is 50.8 Å². The molecule has 246 valence electrons. The van der Waals surface area contributed by atoms with Crippen molar-refractivity contribution in [2.45, 2.75) is 88.9 Å². The lowest BCUT2D eigenvalue weighted by molar-refractivity contribution is -0.143. The number of rotatable bonds is 7. The first-order valence-electron chi connectivity index (χ1n) is 13.7. The summed E-state index contributed by atoms with van der Waals surface area (Å²) in [7, 11) is -1.21. The maximum Gasteiger partial charge on any atom is 0.416 e. The fourth-order valence-corrected chi connectivity index (χ4v) is 5.77. The Balaban J connectivity index is 2.07. The first-order chi connectivity index (χ1) is 19.9. The van der Waals surface area contributed by atoms with Crippen LogP contribution in [-0.4, -0.2) is 39.1 Å². The van der Waals surface area contributed by atoms with Crippen LogP contribution in [0.25, 0.3) is 0 Å². The van der Waals surface area contributed by atoms with Gasteiger partial charge in [-0.05, 0) is 78.5 Å². The van der Waals surface area contributed by atoms with Crippen LogP contribution in [0.1, 0.15) is 67.5 Å². The number of nitrogens with one attached hydrogen (secondary N) is 1. The lowest BCUT2D eigenvalue weighted by Crippen LogP contribution is -2.43. The highest BCUT2D eigenvalue weighted by molar-refractivity contribution is 6.74. The summed E-state index contributed by atoms with van der Waals surface area (Å²) in [4.78, 5) is 13.9. The number of carbonyl (C=O) groups is 1. The summed E-state index contributed by atoms with van der Waals surface area (Å²) in [6.07, 6.45) is -15.8. The van der Waals surface area contributed by atoms with Gasteiger partial charge in [0.25, 0.3) is 0 Å². The fourth-order valence-electron chi connectivity index (χ4n) is 4.71. The van der Waals surface area contributed by atoms with Crippen molar-refractivity contribution < 1.29 is 53.5 Å². The maximum absolute atomic E-state index is 13.7. The van der Waals surface area contributed by atoms with Crippen LogP contribution in [0.2, 0.25) is 18.1 Å². The zero-order valence-electron chi connectivity index (χ0n) is 25.0. The number of nitrogens with zero attached hydrogens (tertiary/aromatic N) is 1. The summed E-state index contributed by atoms with van der Waals surface area (Å²) in [6, 6.07) is 2.11. The highest BCUT2D eigenvalue weighted by atomic mass is 28.4. The number of ether oxygens (including phenoxy) is 1. The van der Waals surface area contributed by atoms with E-state index in [1.165, 1.54) is 6.07 Å². The van der Waals surface area contributed by atoms with Gasteiger partial charge in [-0.1, -0.05) is 20.8 Å². The Morgan fingerprint density at radius 2 is 1.43 bits per heavy atom. The smallest absolute Gasteiger partial charge is 0.416 e. The van der Waals surface area contributed by atoms with Gasteiger partial charge in [-0.2, -0.15) is 39.5 Å². The molecule has 2 aromatic carbocycles. The molecule has 1 N–H and O–H groups in total. The molecule has 0 saturated carbocycles. The van der Waals surface area contributed by atoms with Gasteiger partial charge in [-0.25, -0.2) is 4.79 Å². The number of amides is 1. The van der Waals surface area contributed by atoms with Crippen molar-refractivity contribution in [2.24, 2.45) is 0 Å². The summed E-state index contributed by atoms with van der Waals surface area (Å²) in [5, 5.41) is 3.06. The number of fused-ring (bicyclic) bond motifs is 1. The lowest BCUT2D eigenvalue weighted by atomic mass is 9.89. The fraction of sp³-hybridized carbons (Fsp3) is 0.552. The minimum atomic E-state index is -5.13. The largest absolute Gasteiger partial charge is 0.453 e. The summed E-state index contributed by atoms with van der Waals surface area (Å²) in [6.45, 7) is 9.71. The number of carbonyl (C=O) groups excluding carboxylic acids is 1. The molecular formula is C29H35F9N2O3Si. The molecule has 1 aliphatic rings. The molecule has 5 nitrogen and oxygen atoms in total. The molecule has 0 radical (unpaired) electrons. The second-order valence-electron chi connectivity index (χ2n) is 12.3. The minimum absolute atomic E-state index is 0.00481. The van der Waals surface area contributed by atoms with Crippen LogP contribution in [0.5, 0.6) is 0 Å². The number of hydrogen-bond acceptors (Lipinski definition) is 4. The van der Waals surface area contributed by atoms with E-state index in [0.29, 0.717) is 18.6 Å². The highest BCUT2D eigenvalue weighted by Gasteiger charge is 2.41. The molecule has 0 spiro atoms. The number of halogens is 9. The van der Waals surface area contributed by atoms with Gasteiger partial charge in [0, 0.05) is 24.9 Å². The molecule has 44 heavy (non-hydrogen) atoms. The van der Waals surface area contributed by atoms with Gasteiger partial charge in [0.2, 0.25) is 0 Å². The third-order valence-corrected chi connectivity index (χ3v) is 12.7. The van der Waals surface area contributed by atoms with Crippen LogP contribution in [0.4, 0.5) is 50.0 Å². The van der Waals surface area contributed by atoms with Crippen LogP contribution in [0.3, 0.4) is 0 Å². The zero-order chi connectivity index (χ0) is 33.5. The molecular weight excluding hydrogens is 623 g/mol. The number of hydrogen-bond donors (Lipinski definition) is 1. The Morgan fingerprint density at radius 1 is 0.886 bits per heavy atom. The van der Waals surface area contributed by atoms with E-state index in [9.17, 15) is 44.3 Å². The number of benzene rings is 2. The Bertz CT molecular complexity index is 1300. The van der Waals surface area contributed by atoms with Crippen molar-refractivity contribution >= 4 is 20.1 Å². The van der Waals surface area contributed by atoms with Crippen LogP contribution in [0, 0.1) is 0 Å². The average Bonchev–Trinajstić information content (AvgIpc) is 2.88. The predicted octanol–water partition coefficient (Wildman–Crippen LogP) is 9.65. The average molecular weight is 659 g/mol. The van der Waals surface area contributed by atoms with Crippen molar-refractivity contribution in [1.82, 2.24) is 4.90 Å². The molecule has 1 aliphatic heterocycles. The molecule has 15 heteroatoms. The Hall–Kier alpha value is -2.94. The second-order valence-corrected chi connectivity index (χ2v) is 17.1.